The molecular formula is C24H21N5O5S. The first-order chi connectivity index (χ1) is 17.0. The molecule has 178 valence electrons. The Morgan fingerprint density at radius 1 is 1.06 bits per heavy atom. The van der Waals surface area contributed by atoms with Crippen molar-refractivity contribution in [2.24, 2.45) is 0 Å². The molecule has 2 aromatic carbocycles. The molecule has 35 heavy (non-hydrogen) atoms. The molecule has 2 aromatic heterocycles. The van der Waals surface area contributed by atoms with E-state index in [4.69, 9.17) is 9.37 Å². The number of fused-ring (bicyclic) bond motifs is 1. The van der Waals surface area contributed by atoms with Gasteiger partial charge < -0.3 is 15.0 Å². The van der Waals surface area contributed by atoms with Crippen LogP contribution in [0.1, 0.15) is 55.0 Å². The molecule has 0 atom stereocenters. The summed E-state index contributed by atoms with van der Waals surface area (Å²) in [6.07, 6.45) is 1.52. The maximum atomic E-state index is 12.9. The van der Waals surface area contributed by atoms with Crippen molar-refractivity contribution in [1.82, 2.24) is 20.2 Å². The van der Waals surface area contributed by atoms with Gasteiger partial charge in [0.2, 0.25) is 0 Å². The fourth-order valence-corrected chi connectivity index (χ4v) is 5.01. The van der Waals surface area contributed by atoms with Gasteiger partial charge in [-0.15, -0.1) is 11.3 Å². The second-order valence-corrected chi connectivity index (χ2v) is 9.02. The molecule has 0 saturated carbocycles. The number of nitrogens with one attached hydrogen (secondary N) is 1. The highest BCUT2D eigenvalue weighted by Crippen LogP contribution is 2.31. The van der Waals surface area contributed by atoms with Gasteiger partial charge in [-0.2, -0.15) is 0 Å². The van der Waals surface area contributed by atoms with E-state index >= 15 is 0 Å². The molecule has 0 spiro atoms. The van der Waals surface area contributed by atoms with E-state index in [2.05, 4.69) is 20.6 Å². The monoisotopic (exact) mass is 491 g/mol. The van der Waals surface area contributed by atoms with Crippen LogP contribution in [0.15, 0.2) is 52.5 Å². The summed E-state index contributed by atoms with van der Waals surface area (Å²) < 4.78 is 9.42. The third-order valence-corrected chi connectivity index (χ3v) is 6.94. The van der Waals surface area contributed by atoms with Crippen LogP contribution in [0.2, 0.25) is 0 Å². The van der Waals surface area contributed by atoms with Crippen LogP contribution < -0.4 is 5.32 Å². The van der Waals surface area contributed by atoms with Crippen molar-refractivity contribution < 1.29 is 23.7 Å². The maximum absolute atomic E-state index is 12.9. The van der Waals surface area contributed by atoms with Crippen LogP contribution in [0, 0.1) is 0 Å². The number of rotatable bonds is 5. The van der Waals surface area contributed by atoms with E-state index in [1.807, 2.05) is 4.90 Å². The van der Waals surface area contributed by atoms with Gasteiger partial charge in [-0.05, 0) is 59.6 Å². The number of piperidine rings is 1. The van der Waals surface area contributed by atoms with Gasteiger partial charge in [0, 0.05) is 35.6 Å². The molecule has 0 radical (unpaired) electrons. The smallest absolute Gasteiger partial charge is 0.337 e. The van der Waals surface area contributed by atoms with Crippen molar-refractivity contribution in [3.05, 3.63) is 69.7 Å². The first-order valence-electron chi connectivity index (χ1n) is 11.0. The summed E-state index contributed by atoms with van der Waals surface area (Å²) in [7, 11) is 1.31. The van der Waals surface area contributed by atoms with E-state index in [9.17, 15) is 14.4 Å². The number of hydrogen-bond acceptors (Lipinski definition) is 9. The lowest BCUT2D eigenvalue weighted by molar-refractivity contribution is 0.0600. The predicted molar refractivity (Wildman–Crippen MR) is 128 cm³/mol. The van der Waals surface area contributed by atoms with Crippen LogP contribution in [0.4, 0.5) is 5.69 Å². The molecule has 1 aliphatic rings. The second kappa shape index (κ2) is 9.63. The van der Waals surface area contributed by atoms with Gasteiger partial charge in [-0.25, -0.2) is 14.4 Å². The Labute approximate surface area is 203 Å². The molecule has 10 nitrogen and oxygen atoms in total. The lowest BCUT2D eigenvalue weighted by atomic mass is 9.97. The molecule has 3 heterocycles. The summed E-state index contributed by atoms with van der Waals surface area (Å²) >= 11 is 1.44. The summed E-state index contributed by atoms with van der Waals surface area (Å²) in [6.45, 7) is 1.19. The third kappa shape index (κ3) is 4.76. The molecule has 1 aliphatic heterocycles. The molecule has 5 rings (SSSR count). The Hall–Kier alpha value is -4.12. The van der Waals surface area contributed by atoms with Crippen molar-refractivity contribution in [2.75, 3.05) is 25.5 Å². The number of esters is 1. The van der Waals surface area contributed by atoms with Crippen LogP contribution in [-0.2, 0) is 4.74 Å². The number of hydrogen-bond donors (Lipinski definition) is 1. The third-order valence-electron chi connectivity index (χ3n) is 5.93. The number of thiazole rings is 1. The highest BCUT2D eigenvalue weighted by molar-refractivity contribution is 7.10. The minimum Gasteiger partial charge on any atom is -0.465 e. The van der Waals surface area contributed by atoms with Crippen molar-refractivity contribution >= 4 is 45.8 Å². The lowest BCUT2D eigenvalue weighted by Gasteiger charge is -2.31. The van der Waals surface area contributed by atoms with E-state index in [1.54, 1.807) is 47.8 Å². The largest absolute Gasteiger partial charge is 0.465 e. The molecule has 1 fully saturated rings. The molecular weight excluding hydrogens is 470 g/mol. The van der Waals surface area contributed by atoms with Gasteiger partial charge in [0.25, 0.3) is 11.8 Å². The standard InChI is InChI=1S/C24H21N5O5S/c1-33-24(32)16-3-2-4-17(11-16)25-21(30)20-13-35-22(26-20)14-7-9-29(10-8-14)23(31)15-5-6-18-19(12-15)28-34-27-18/h2-6,11-14H,7-10H2,1H3,(H,25,30). The minimum atomic E-state index is -0.474. The Bertz CT molecular complexity index is 1410. The van der Waals surface area contributed by atoms with Gasteiger partial charge in [0.15, 0.2) is 0 Å². The molecule has 0 unspecified atom stereocenters. The quantitative estimate of drug-likeness (QED) is 0.418. The molecule has 0 aliphatic carbocycles. The van der Waals surface area contributed by atoms with Crippen molar-refractivity contribution in [2.45, 2.75) is 18.8 Å². The van der Waals surface area contributed by atoms with E-state index in [0.29, 0.717) is 46.6 Å². The first-order valence-corrected chi connectivity index (χ1v) is 11.9. The summed E-state index contributed by atoms with van der Waals surface area (Å²) in [5.74, 6) is -0.699. The Morgan fingerprint density at radius 3 is 2.66 bits per heavy atom. The molecule has 1 N–H and O–H groups in total. The second-order valence-electron chi connectivity index (χ2n) is 8.13. The number of nitrogens with zero attached hydrogens (tertiary/aromatic N) is 4. The van der Waals surface area contributed by atoms with E-state index in [-0.39, 0.29) is 17.7 Å². The first kappa shape index (κ1) is 22.7. The number of benzene rings is 2. The number of carbonyl (C=O) groups excluding carboxylic acids is 3. The number of aromatic nitrogens is 3. The summed E-state index contributed by atoms with van der Waals surface area (Å²) in [4.78, 5) is 43.7. The fourth-order valence-electron chi connectivity index (χ4n) is 4.04. The number of anilines is 1. The van der Waals surface area contributed by atoms with Crippen LogP contribution >= 0.6 is 11.3 Å². The maximum Gasteiger partial charge on any atom is 0.337 e. The molecule has 2 amide bonds. The number of amides is 2. The fraction of sp³-hybridized carbons (Fsp3) is 0.250. The van der Waals surface area contributed by atoms with Gasteiger partial charge in [-0.3, -0.25) is 9.59 Å². The summed E-state index contributed by atoms with van der Waals surface area (Å²) in [5, 5.41) is 12.9. The number of ether oxygens (including phenoxy) is 1. The van der Waals surface area contributed by atoms with Crippen LogP contribution in [0.25, 0.3) is 11.0 Å². The molecule has 4 aromatic rings. The number of methoxy groups -OCH3 is 1. The summed E-state index contributed by atoms with van der Waals surface area (Å²) in [6, 6.07) is 11.7. The Morgan fingerprint density at radius 2 is 1.86 bits per heavy atom. The van der Waals surface area contributed by atoms with Crippen LogP contribution in [-0.4, -0.2) is 58.2 Å². The highest BCUT2D eigenvalue weighted by atomic mass is 32.1. The van der Waals surface area contributed by atoms with Crippen LogP contribution in [0.3, 0.4) is 0 Å². The average Bonchev–Trinajstić information content (AvgIpc) is 3.58. The van der Waals surface area contributed by atoms with Crippen molar-refractivity contribution in [3.8, 4) is 0 Å². The average molecular weight is 492 g/mol. The zero-order chi connectivity index (χ0) is 24.4. The van der Waals surface area contributed by atoms with Crippen molar-refractivity contribution in [1.29, 1.82) is 0 Å². The molecule has 11 heteroatoms. The Kier molecular flexibility index (Phi) is 6.23. The SMILES string of the molecule is COC(=O)c1cccc(NC(=O)c2csc(C3CCN(C(=O)c4ccc5nonc5c4)CC3)n2)c1. The Balaban J connectivity index is 1.19. The molecule has 0 bridgehead atoms. The van der Waals surface area contributed by atoms with E-state index in [0.717, 1.165) is 17.8 Å². The zero-order valence-electron chi connectivity index (χ0n) is 18.8. The normalized spacial score (nSPS) is 14.1. The lowest BCUT2D eigenvalue weighted by Crippen LogP contribution is -2.37. The summed E-state index contributed by atoms with van der Waals surface area (Å²) in [5.41, 5.74) is 2.87. The van der Waals surface area contributed by atoms with E-state index in [1.165, 1.54) is 18.4 Å². The molecule has 1 saturated heterocycles. The van der Waals surface area contributed by atoms with E-state index < -0.39 is 5.97 Å². The van der Waals surface area contributed by atoms with Crippen LogP contribution in [0.5, 0.6) is 0 Å². The van der Waals surface area contributed by atoms with Gasteiger partial charge in [0.1, 0.15) is 16.7 Å². The highest BCUT2D eigenvalue weighted by Gasteiger charge is 2.27. The number of likely N-dealkylation sites (tertiary alicyclic amines) is 1. The number of carbonyl (C=O) groups is 3. The van der Waals surface area contributed by atoms with Gasteiger partial charge in [-0.1, -0.05) is 6.07 Å². The topological polar surface area (TPSA) is 128 Å². The predicted octanol–water partition coefficient (Wildman–Crippen LogP) is 3.74. The zero-order valence-corrected chi connectivity index (χ0v) is 19.6. The van der Waals surface area contributed by atoms with Gasteiger partial charge in [0.05, 0.1) is 17.7 Å². The van der Waals surface area contributed by atoms with Gasteiger partial charge >= 0.3 is 5.97 Å². The minimum absolute atomic E-state index is 0.0539. The van der Waals surface area contributed by atoms with Crippen molar-refractivity contribution in [3.63, 3.8) is 0 Å².